The molecule has 0 saturated carbocycles. The zero-order valence-electron chi connectivity index (χ0n) is 19.0. The van der Waals surface area contributed by atoms with Gasteiger partial charge in [-0.25, -0.2) is 13.1 Å². The van der Waals surface area contributed by atoms with E-state index in [-0.39, 0.29) is 10.8 Å². The zero-order valence-corrected chi connectivity index (χ0v) is 21.4. The fourth-order valence-electron chi connectivity index (χ4n) is 3.48. The molecule has 0 unspecified atom stereocenters. The molecule has 0 aliphatic heterocycles. The smallest absolute Gasteiger partial charge is 0.265 e. The predicted molar refractivity (Wildman–Crippen MR) is 135 cm³/mol. The van der Waals surface area contributed by atoms with E-state index < -0.39 is 15.9 Å². The molecule has 1 N–H and O–H groups in total. The van der Waals surface area contributed by atoms with Gasteiger partial charge in [-0.15, -0.1) is 0 Å². The van der Waals surface area contributed by atoms with Crippen LogP contribution < -0.4 is 9.46 Å². The third-order valence-corrected chi connectivity index (χ3v) is 6.86. The highest BCUT2D eigenvalue weighted by molar-refractivity contribution is 9.10. The first-order chi connectivity index (χ1) is 15.7. The lowest BCUT2D eigenvalue weighted by Gasteiger charge is -2.16. The molecule has 1 amide bonds. The van der Waals surface area contributed by atoms with Crippen molar-refractivity contribution < 1.29 is 17.9 Å². The monoisotopic (exact) mass is 529 g/mol. The number of ether oxygens (including phenoxy) is 1. The van der Waals surface area contributed by atoms with Crippen molar-refractivity contribution in [2.24, 2.45) is 5.92 Å². The fourth-order valence-corrected chi connectivity index (χ4v) is 4.71. The van der Waals surface area contributed by atoms with Gasteiger partial charge in [0.05, 0.1) is 11.5 Å². The summed E-state index contributed by atoms with van der Waals surface area (Å²) >= 11 is 3.29. The minimum absolute atomic E-state index is 0.0306. The lowest BCUT2D eigenvalue weighted by atomic mass is 9.93. The van der Waals surface area contributed by atoms with E-state index in [1.54, 1.807) is 18.2 Å². The fraction of sp³-hybridized carbons (Fsp3) is 0.269. The lowest BCUT2D eigenvalue weighted by molar-refractivity contribution is 0.0980. The van der Waals surface area contributed by atoms with E-state index in [1.165, 1.54) is 12.1 Å². The Morgan fingerprint density at radius 2 is 1.73 bits per heavy atom. The van der Waals surface area contributed by atoms with E-state index in [9.17, 15) is 13.2 Å². The zero-order chi connectivity index (χ0) is 24.0. The maximum absolute atomic E-state index is 13.0. The Kier molecular flexibility index (Phi) is 8.32. The SMILES string of the molecule is CCCOc1ccccc1-c1ccc(C(=O)NS(=O)(=O)c2ccc(Br)cc2)c(CC(C)C)c1. The number of halogens is 1. The molecule has 7 heteroatoms. The molecule has 0 bridgehead atoms. The van der Waals surface area contributed by atoms with Gasteiger partial charge in [0.2, 0.25) is 0 Å². The van der Waals surface area contributed by atoms with Gasteiger partial charge in [0.15, 0.2) is 0 Å². The van der Waals surface area contributed by atoms with Crippen molar-refractivity contribution in [1.29, 1.82) is 0 Å². The van der Waals surface area contributed by atoms with E-state index >= 15 is 0 Å². The van der Waals surface area contributed by atoms with Crippen LogP contribution in [0.1, 0.15) is 43.1 Å². The summed E-state index contributed by atoms with van der Waals surface area (Å²) in [6.45, 7) is 6.79. The van der Waals surface area contributed by atoms with Gasteiger partial charge in [-0.3, -0.25) is 4.79 Å². The quantitative estimate of drug-likeness (QED) is 0.357. The van der Waals surface area contributed by atoms with Gasteiger partial charge in [-0.05, 0) is 66.3 Å². The van der Waals surface area contributed by atoms with Crippen molar-refractivity contribution in [1.82, 2.24) is 4.72 Å². The Morgan fingerprint density at radius 1 is 1.03 bits per heavy atom. The summed E-state index contributed by atoms with van der Waals surface area (Å²) in [4.78, 5) is 13.1. The molecule has 0 aliphatic rings. The van der Waals surface area contributed by atoms with Crippen molar-refractivity contribution in [3.05, 3.63) is 82.3 Å². The first kappa shape index (κ1) is 25.0. The van der Waals surface area contributed by atoms with Crippen molar-refractivity contribution in [2.45, 2.75) is 38.5 Å². The van der Waals surface area contributed by atoms with E-state index in [2.05, 4.69) is 41.4 Å². The van der Waals surface area contributed by atoms with Crippen molar-refractivity contribution >= 4 is 31.9 Å². The van der Waals surface area contributed by atoms with Crippen LogP contribution in [0.4, 0.5) is 0 Å². The molecule has 0 aliphatic carbocycles. The third-order valence-electron chi connectivity index (χ3n) is 4.99. The molecular weight excluding hydrogens is 502 g/mol. The van der Waals surface area contributed by atoms with Crippen LogP contribution in [0.2, 0.25) is 0 Å². The summed E-state index contributed by atoms with van der Waals surface area (Å²) in [6.07, 6.45) is 1.53. The molecule has 3 aromatic carbocycles. The average Bonchev–Trinajstić information content (AvgIpc) is 2.77. The number of hydrogen-bond acceptors (Lipinski definition) is 4. The molecule has 0 heterocycles. The molecule has 0 spiro atoms. The molecule has 0 fully saturated rings. The Bertz CT molecular complexity index is 1220. The Hall–Kier alpha value is -2.64. The summed E-state index contributed by atoms with van der Waals surface area (Å²) in [7, 11) is -3.99. The molecule has 3 aromatic rings. The normalized spacial score (nSPS) is 11.4. The summed E-state index contributed by atoms with van der Waals surface area (Å²) in [6, 6.07) is 19.4. The van der Waals surface area contributed by atoms with Crippen LogP contribution in [0.3, 0.4) is 0 Å². The predicted octanol–water partition coefficient (Wildman–Crippen LogP) is 6.22. The van der Waals surface area contributed by atoms with Crippen LogP contribution in [-0.4, -0.2) is 20.9 Å². The molecule has 174 valence electrons. The molecule has 5 nitrogen and oxygen atoms in total. The first-order valence-corrected chi connectivity index (χ1v) is 13.2. The summed E-state index contributed by atoms with van der Waals surface area (Å²) in [5.41, 5.74) is 2.99. The average molecular weight is 530 g/mol. The molecule has 0 aromatic heterocycles. The number of para-hydroxylation sites is 1. The third kappa shape index (κ3) is 6.45. The van der Waals surface area contributed by atoms with E-state index in [0.29, 0.717) is 18.6 Å². The van der Waals surface area contributed by atoms with E-state index in [4.69, 9.17) is 4.74 Å². The second-order valence-corrected chi connectivity index (χ2v) is 10.8. The van der Waals surface area contributed by atoms with Crippen LogP contribution in [0, 0.1) is 5.92 Å². The van der Waals surface area contributed by atoms with Crippen molar-refractivity contribution in [3.63, 3.8) is 0 Å². The minimum atomic E-state index is -3.99. The summed E-state index contributed by atoms with van der Waals surface area (Å²) in [5, 5.41) is 0. The highest BCUT2D eigenvalue weighted by atomic mass is 79.9. The summed E-state index contributed by atoms with van der Waals surface area (Å²) < 4.78 is 34.3. The van der Waals surface area contributed by atoms with E-state index in [1.807, 2.05) is 36.4 Å². The van der Waals surface area contributed by atoms with Gasteiger partial charge < -0.3 is 4.74 Å². The van der Waals surface area contributed by atoms with Gasteiger partial charge in [0.25, 0.3) is 15.9 Å². The Morgan fingerprint density at radius 3 is 2.39 bits per heavy atom. The van der Waals surface area contributed by atoms with Crippen LogP contribution in [-0.2, 0) is 16.4 Å². The second-order valence-electron chi connectivity index (χ2n) is 8.20. The molecule has 0 saturated heterocycles. The molecule has 0 atom stereocenters. The molecular formula is C26H28BrNO4S. The minimum Gasteiger partial charge on any atom is -0.493 e. The number of rotatable bonds is 9. The molecule has 33 heavy (non-hydrogen) atoms. The number of carbonyl (C=O) groups is 1. The van der Waals surface area contributed by atoms with Gasteiger partial charge >= 0.3 is 0 Å². The summed E-state index contributed by atoms with van der Waals surface area (Å²) in [5.74, 6) is 0.418. The van der Waals surface area contributed by atoms with Gasteiger partial charge in [-0.1, -0.05) is 67.0 Å². The second kappa shape index (κ2) is 11.0. The highest BCUT2D eigenvalue weighted by Gasteiger charge is 2.21. The highest BCUT2D eigenvalue weighted by Crippen LogP contribution is 2.32. The number of amides is 1. The van der Waals surface area contributed by atoms with Gasteiger partial charge in [-0.2, -0.15) is 0 Å². The number of benzene rings is 3. The largest absolute Gasteiger partial charge is 0.493 e. The Balaban J connectivity index is 1.96. The number of hydrogen-bond donors (Lipinski definition) is 1. The van der Waals surface area contributed by atoms with Crippen molar-refractivity contribution in [2.75, 3.05) is 6.61 Å². The van der Waals surface area contributed by atoms with Crippen molar-refractivity contribution in [3.8, 4) is 16.9 Å². The van der Waals surface area contributed by atoms with Crippen LogP contribution >= 0.6 is 15.9 Å². The number of sulfonamides is 1. The molecule has 3 rings (SSSR count). The first-order valence-electron chi connectivity index (χ1n) is 10.9. The lowest BCUT2D eigenvalue weighted by Crippen LogP contribution is -2.31. The van der Waals surface area contributed by atoms with Crippen LogP contribution in [0.5, 0.6) is 5.75 Å². The number of carbonyl (C=O) groups excluding carboxylic acids is 1. The van der Waals surface area contributed by atoms with Gasteiger partial charge in [0, 0.05) is 15.6 Å². The maximum atomic E-state index is 13.0. The standard InChI is InChI=1S/C26H28BrNO4S/c1-4-15-32-25-8-6-5-7-23(25)19-9-14-24(20(17-19)16-18(2)3)26(29)28-33(30,31)22-12-10-21(27)11-13-22/h5-14,17-18H,4,15-16H2,1-3H3,(H,28,29). The number of nitrogens with one attached hydrogen (secondary N) is 1. The van der Waals surface area contributed by atoms with Crippen LogP contribution in [0.15, 0.2) is 76.1 Å². The van der Waals surface area contributed by atoms with Gasteiger partial charge in [0.1, 0.15) is 5.75 Å². The molecule has 0 radical (unpaired) electrons. The Labute approximate surface area is 204 Å². The van der Waals surface area contributed by atoms with E-state index in [0.717, 1.165) is 33.3 Å². The topological polar surface area (TPSA) is 72.5 Å². The maximum Gasteiger partial charge on any atom is 0.265 e. The van der Waals surface area contributed by atoms with Crippen LogP contribution in [0.25, 0.3) is 11.1 Å².